The third kappa shape index (κ3) is 4.02. The smallest absolute Gasteiger partial charge is 0.406 e. The van der Waals surface area contributed by atoms with E-state index in [2.05, 4.69) is 9.64 Å². The van der Waals surface area contributed by atoms with Gasteiger partial charge in [0.25, 0.3) is 0 Å². The van der Waals surface area contributed by atoms with Gasteiger partial charge in [-0.3, -0.25) is 19.4 Å². The van der Waals surface area contributed by atoms with Crippen molar-refractivity contribution in [2.24, 2.45) is 17.8 Å². The Kier molecular flexibility index (Phi) is 5.72. The summed E-state index contributed by atoms with van der Waals surface area (Å²) >= 11 is 0. The number of carbonyl (C=O) groups is 2. The number of hydrogen-bond donors (Lipinski definition) is 1. The van der Waals surface area contributed by atoms with Crippen LogP contribution >= 0.6 is 0 Å². The quantitative estimate of drug-likeness (QED) is 0.655. The molecule has 2 saturated heterocycles. The number of rotatable bonds is 5. The van der Waals surface area contributed by atoms with Crippen molar-refractivity contribution in [1.29, 1.82) is 0 Å². The molecule has 1 N–H and O–H groups in total. The molecule has 6 nitrogen and oxygen atoms in total. The van der Waals surface area contributed by atoms with E-state index < -0.39 is 18.2 Å². The standard InChI is InChI=1S/C26H25F3N2O4/c1-14-21-19(17-8-6-15(13-32)7-9-17)11-20(22-23(21)25(34)30(2)24(22)33)31(14)12-16-4-3-5-18(10-16)35-26(27,28)29/h3-11,14,20-23,32H,12-13H2,1-2H3. The number of hydrogen-bond acceptors (Lipinski definition) is 5. The molecule has 0 radical (unpaired) electrons. The summed E-state index contributed by atoms with van der Waals surface area (Å²) in [5, 5.41) is 9.38. The Morgan fingerprint density at radius 2 is 1.66 bits per heavy atom. The minimum Gasteiger partial charge on any atom is -0.406 e. The summed E-state index contributed by atoms with van der Waals surface area (Å²) in [5.74, 6) is -2.01. The Balaban J connectivity index is 1.52. The highest BCUT2D eigenvalue weighted by Gasteiger charge is 2.62. The van der Waals surface area contributed by atoms with E-state index in [0.717, 1.165) is 16.7 Å². The molecule has 2 fully saturated rings. The lowest BCUT2D eigenvalue weighted by atomic mass is 9.62. The van der Waals surface area contributed by atoms with Gasteiger partial charge in [-0.2, -0.15) is 0 Å². The van der Waals surface area contributed by atoms with Crippen LogP contribution in [0.5, 0.6) is 5.75 Å². The van der Waals surface area contributed by atoms with Gasteiger partial charge >= 0.3 is 6.36 Å². The predicted molar refractivity (Wildman–Crippen MR) is 121 cm³/mol. The number of fused-ring (bicyclic) bond motifs is 1. The number of amides is 2. The van der Waals surface area contributed by atoms with E-state index in [0.29, 0.717) is 12.1 Å². The van der Waals surface area contributed by atoms with Crippen molar-refractivity contribution in [1.82, 2.24) is 9.80 Å². The van der Waals surface area contributed by atoms with Crippen LogP contribution in [-0.2, 0) is 22.7 Å². The molecule has 9 heteroatoms. The maximum Gasteiger partial charge on any atom is 0.573 e. The molecule has 5 unspecified atom stereocenters. The molecule has 5 atom stereocenters. The Morgan fingerprint density at radius 1 is 0.971 bits per heavy atom. The largest absolute Gasteiger partial charge is 0.573 e. The van der Waals surface area contributed by atoms with Crippen molar-refractivity contribution in [2.75, 3.05) is 7.05 Å². The molecule has 3 heterocycles. The zero-order chi connectivity index (χ0) is 25.1. The highest BCUT2D eigenvalue weighted by molar-refractivity contribution is 6.07. The number of imide groups is 1. The fourth-order valence-electron chi connectivity index (χ4n) is 5.92. The number of halogens is 3. The monoisotopic (exact) mass is 486 g/mol. The number of aliphatic hydroxyl groups excluding tert-OH is 1. The first kappa shape index (κ1) is 23.6. The average Bonchev–Trinajstić information content (AvgIpc) is 3.05. The van der Waals surface area contributed by atoms with Gasteiger partial charge in [0.05, 0.1) is 18.4 Å². The van der Waals surface area contributed by atoms with E-state index in [9.17, 15) is 27.9 Å². The van der Waals surface area contributed by atoms with Crippen molar-refractivity contribution in [3.05, 3.63) is 71.3 Å². The van der Waals surface area contributed by atoms with Crippen LogP contribution in [0.1, 0.15) is 23.6 Å². The van der Waals surface area contributed by atoms with Crippen LogP contribution in [0.25, 0.3) is 5.57 Å². The van der Waals surface area contributed by atoms with Gasteiger partial charge in [-0.25, -0.2) is 0 Å². The number of benzene rings is 2. The fourth-order valence-corrected chi connectivity index (χ4v) is 5.92. The molecule has 1 aliphatic carbocycles. The highest BCUT2D eigenvalue weighted by Crippen LogP contribution is 2.53. The predicted octanol–water partition coefficient (Wildman–Crippen LogP) is 3.59. The van der Waals surface area contributed by atoms with Gasteiger partial charge in [0, 0.05) is 31.6 Å². The van der Waals surface area contributed by atoms with Gasteiger partial charge in [0.1, 0.15) is 5.75 Å². The van der Waals surface area contributed by atoms with Crippen LogP contribution in [-0.4, -0.2) is 52.2 Å². The molecule has 35 heavy (non-hydrogen) atoms. The second kappa shape index (κ2) is 8.49. The summed E-state index contributed by atoms with van der Waals surface area (Å²) in [5.41, 5.74) is 3.30. The van der Waals surface area contributed by atoms with E-state index in [1.165, 1.54) is 30.1 Å². The number of carbonyl (C=O) groups excluding carboxylic acids is 2. The van der Waals surface area contributed by atoms with Gasteiger partial charge in [-0.15, -0.1) is 13.2 Å². The van der Waals surface area contributed by atoms with Gasteiger partial charge in [-0.1, -0.05) is 42.5 Å². The molecule has 3 aliphatic heterocycles. The van der Waals surface area contributed by atoms with Crippen molar-refractivity contribution in [2.45, 2.75) is 38.5 Å². The van der Waals surface area contributed by atoms with Gasteiger partial charge in [-0.05, 0) is 41.3 Å². The number of nitrogens with zero attached hydrogens (tertiary/aromatic N) is 2. The third-order valence-corrected chi connectivity index (χ3v) is 7.48. The van der Waals surface area contributed by atoms with Crippen LogP contribution in [0.4, 0.5) is 13.2 Å². The fraction of sp³-hybridized carbons (Fsp3) is 0.385. The lowest BCUT2D eigenvalue weighted by molar-refractivity contribution is -0.274. The van der Waals surface area contributed by atoms with Crippen molar-refractivity contribution < 1.29 is 32.6 Å². The van der Waals surface area contributed by atoms with Gasteiger partial charge < -0.3 is 9.84 Å². The Labute approximate surface area is 200 Å². The van der Waals surface area contributed by atoms with E-state index in [1.54, 1.807) is 6.07 Å². The van der Waals surface area contributed by atoms with Crippen molar-refractivity contribution >= 4 is 17.4 Å². The Hall–Kier alpha value is -3.17. The minimum atomic E-state index is -4.78. The van der Waals surface area contributed by atoms with Gasteiger partial charge in [0.2, 0.25) is 11.8 Å². The maximum atomic E-state index is 13.1. The van der Waals surface area contributed by atoms with E-state index in [-0.39, 0.29) is 42.2 Å². The molecule has 4 aliphatic rings. The van der Waals surface area contributed by atoms with Crippen LogP contribution < -0.4 is 4.74 Å². The number of ether oxygens (including phenoxy) is 1. The molecule has 6 rings (SSSR count). The normalized spacial score (nSPS) is 28.3. The molecule has 2 aromatic carbocycles. The van der Waals surface area contributed by atoms with Crippen LogP contribution in [0.3, 0.4) is 0 Å². The number of likely N-dealkylation sites (tertiary alicyclic amines) is 1. The lowest BCUT2D eigenvalue weighted by Gasteiger charge is -2.53. The van der Waals surface area contributed by atoms with Crippen molar-refractivity contribution in [3.8, 4) is 5.75 Å². The molecule has 2 amide bonds. The minimum absolute atomic E-state index is 0.0742. The second-order valence-electron chi connectivity index (χ2n) is 9.39. The van der Waals surface area contributed by atoms with E-state index in [4.69, 9.17) is 0 Å². The average molecular weight is 486 g/mol. The molecular weight excluding hydrogens is 461 g/mol. The van der Waals surface area contributed by atoms with Crippen molar-refractivity contribution in [3.63, 3.8) is 0 Å². The summed E-state index contributed by atoms with van der Waals surface area (Å²) in [7, 11) is 1.51. The summed E-state index contributed by atoms with van der Waals surface area (Å²) in [6.07, 6.45) is -2.76. The summed E-state index contributed by atoms with van der Waals surface area (Å²) in [4.78, 5) is 29.5. The van der Waals surface area contributed by atoms with Crippen LogP contribution in [0, 0.1) is 17.8 Å². The number of piperidine rings is 1. The zero-order valence-electron chi connectivity index (χ0n) is 19.2. The number of aliphatic hydroxyl groups is 1. The van der Waals surface area contributed by atoms with Gasteiger partial charge in [0.15, 0.2) is 0 Å². The first-order valence-electron chi connectivity index (χ1n) is 11.4. The molecule has 0 spiro atoms. The Bertz CT molecular complexity index is 1190. The summed E-state index contributed by atoms with van der Waals surface area (Å²) < 4.78 is 42.2. The zero-order valence-corrected chi connectivity index (χ0v) is 19.2. The molecule has 0 saturated carbocycles. The molecule has 2 bridgehead atoms. The van der Waals surface area contributed by atoms with Crippen LogP contribution in [0.2, 0.25) is 0 Å². The second-order valence-corrected chi connectivity index (χ2v) is 9.39. The first-order chi connectivity index (χ1) is 16.6. The third-order valence-electron chi connectivity index (χ3n) is 7.48. The Morgan fingerprint density at radius 3 is 2.31 bits per heavy atom. The summed E-state index contributed by atoms with van der Waals surface area (Å²) in [6, 6.07) is 12.8. The molecule has 0 aromatic heterocycles. The highest BCUT2D eigenvalue weighted by atomic mass is 19.4. The molecule has 184 valence electrons. The lowest BCUT2D eigenvalue weighted by Crippen LogP contribution is -2.61. The maximum absolute atomic E-state index is 13.1. The van der Waals surface area contributed by atoms with Crippen LogP contribution in [0.15, 0.2) is 54.6 Å². The SMILES string of the molecule is CC1C2C(c3ccc(CO)cc3)=CC(C3C(=O)N(C)C(=O)C23)N1Cc1cccc(OC(F)(F)F)c1. The molecule has 2 aromatic rings. The van der Waals surface area contributed by atoms with E-state index >= 15 is 0 Å². The topological polar surface area (TPSA) is 70.1 Å². The first-order valence-corrected chi connectivity index (χ1v) is 11.4. The molecular formula is C26H25F3N2O4. The summed E-state index contributed by atoms with van der Waals surface area (Å²) in [6.45, 7) is 2.23. The van der Waals surface area contributed by atoms with E-state index in [1.807, 2.05) is 37.3 Å². The number of alkyl halides is 3.